The molecule has 0 heterocycles. The van der Waals surface area contributed by atoms with E-state index < -0.39 is 12.0 Å². The van der Waals surface area contributed by atoms with E-state index in [1.165, 1.54) is 0 Å². The first kappa shape index (κ1) is 12.9. The van der Waals surface area contributed by atoms with Gasteiger partial charge in [-0.15, -0.1) is 0 Å². The molecule has 0 aromatic heterocycles. The van der Waals surface area contributed by atoms with Gasteiger partial charge >= 0.3 is 5.97 Å². The maximum atomic E-state index is 11.0. The Hall–Kier alpha value is -1.10. The van der Waals surface area contributed by atoms with Crippen LogP contribution < -0.4 is 11.1 Å². The average molecular weight is 202 g/mol. The number of nitrogens with one attached hydrogen (secondary N) is 1. The van der Waals surface area contributed by atoms with Gasteiger partial charge in [0.2, 0.25) is 5.91 Å². The Morgan fingerprint density at radius 3 is 2.64 bits per heavy atom. The van der Waals surface area contributed by atoms with Gasteiger partial charge in [-0.3, -0.25) is 9.59 Å². The van der Waals surface area contributed by atoms with Crippen molar-refractivity contribution < 1.29 is 14.7 Å². The Morgan fingerprint density at radius 1 is 1.50 bits per heavy atom. The lowest BCUT2D eigenvalue weighted by molar-refractivity contribution is -0.138. The summed E-state index contributed by atoms with van der Waals surface area (Å²) in [6.45, 7) is 2.43. The van der Waals surface area contributed by atoms with E-state index in [0.717, 1.165) is 6.42 Å². The van der Waals surface area contributed by atoms with Gasteiger partial charge in [-0.2, -0.15) is 0 Å². The second-order valence-electron chi connectivity index (χ2n) is 3.19. The van der Waals surface area contributed by atoms with Crippen molar-refractivity contribution in [2.75, 3.05) is 6.54 Å². The molecule has 0 radical (unpaired) electrons. The Morgan fingerprint density at radius 2 is 2.14 bits per heavy atom. The van der Waals surface area contributed by atoms with E-state index in [4.69, 9.17) is 10.8 Å². The Balaban J connectivity index is 3.37. The number of carboxylic acids is 1. The van der Waals surface area contributed by atoms with Crippen LogP contribution in [-0.4, -0.2) is 29.6 Å². The molecule has 0 spiro atoms. The molecular weight excluding hydrogens is 184 g/mol. The standard InChI is InChI=1S/C9H18N2O3/c1-2-4-8(12)11-6-3-5-7(10)9(13)14/h7H,2-6,10H2,1H3,(H,11,12)(H,13,14). The van der Waals surface area contributed by atoms with Gasteiger partial charge in [-0.25, -0.2) is 0 Å². The van der Waals surface area contributed by atoms with Crippen LogP contribution in [0.15, 0.2) is 0 Å². The van der Waals surface area contributed by atoms with Crippen LogP contribution in [0.5, 0.6) is 0 Å². The largest absolute Gasteiger partial charge is 0.480 e. The Labute approximate surface area is 83.7 Å². The third-order valence-electron chi connectivity index (χ3n) is 1.81. The fourth-order valence-electron chi connectivity index (χ4n) is 0.989. The molecule has 0 aliphatic rings. The first-order valence-electron chi connectivity index (χ1n) is 4.83. The molecule has 1 unspecified atom stereocenters. The van der Waals surface area contributed by atoms with Crippen molar-refractivity contribution in [3.8, 4) is 0 Å². The highest BCUT2D eigenvalue weighted by atomic mass is 16.4. The van der Waals surface area contributed by atoms with E-state index in [9.17, 15) is 9.59 Å². The van der Waals surface area contributed by atoms with Crippen molar-refractivity contribution >= 4 is 11.9 Å². The highest BCUT2D eigenvalue weighted by molar-refractivity contribution is 5.75. The average Bonchev–Trinajstić information content (AvgIpc) is 2.12. The number of carbonyl (C=O) groups excluding carboxylic acids is 1. The van der Waals surface area contributed by atoms with Crippen molar-refractivity contribution in [3.05, 3.63) is 0 Å². The molecule has 0 aromatic rings. The summed E-state index contributed by atoms with van der Waals surface area (Å²) in [7, 11) is 0. The van der Waals surface area contributed by atoms with Gasteiger partial charge in [0, 0.05) is 13.0 Å². The lowest BCUT2D eigenvalue weighted by Crippen LogP contribution is -2.31. The Kier molecular flexibility index (Phi) is 6.74. The molecule has 0 saturated carbocycles. The minimum atomic E-state index is -0.995. The number of aliphatic carboxylic acids is 1. The molecular formula is C9H18N2O3. The summed E-state index contributed by atoms with van der Waals surface area (Å²) in [5, 5.41) is 11.2. The highest BCUT2D eigenvalue weighted by Crippen LogP contribution is 1.93. The number of rotatable bonds is 7. The molecule has 0 aliphatic heterocycles. The number of nitrogens with two attached hydrogens (primary N) is 1. The normalized spacial score (nSPS) is 12.1. The molecule has 0 fully saturated rings. The van der Waals surface area contributed by atoms with Gasteiger partial charge in [0.05, 0.1) is 0 Å². The van der Waals surface area contributed by atoms with Crippen LogP contribution in [0.1, 0.15) is 32.6 Å². The van der Waals surface area contributed by atoms with E-state index in [1.807, 2.05) is 6.92 Å². The summed E-state index contributed by atoms with van der Waals surface area (Å²) in [6, 6.07) is -0.821. The van der Waals surface area contributed by atoms with E-state index in [2.05, 4.69) is 5.32 Å². The van der Waals surface area contributed by atoms with Crippen molar-refractivity contribution in [2.45, 2.75) is 38.6 Å². The van der Waals surface area contributed by atoms with E-state index in [-0.39, 0.29) is 5.91 Å². The van der Waals surface area contributed by atoms with Crippen LogP contribution in [0.3, 0.4) is 0 Å². The van der Waals surface area contributed by atoms with Gasteiger partial charge in [0.1, 0.15) is 6.04 Å². The second kappa shape index (κ2) is 7.32. The zero-order valence-corrected chi connectivity index (χ0v) is 8.45. The monoisotopic (exact) mass is 202 g/mol. The van der Waals surface area contributed by atoms with Gasteiger partial charge in [-0.1, -0.05) is 6.92 Å². The molecule has 1 amide bonds. The summed E-state index contributed by atoms with van der Waals surface area (Å²) < 4.78 is 0. The SMILES string of the molecule is CCCC(=O)NCCCC(N)C(=O)O. The molecule has 4 N–H and O–H groups in total. The summed E-state index contributed by atoms with van der Waals surface area (Å²) in [4.78, 5) is 21.3. The van der Waals surface area contributed by atoms with E-state index in [0.29, 0.717) is 25.8 Å². The maximum absolute atomic E-state index is 11.0. The molecule has 1 atom stereocenters. The molecule has 0 aliphatic carbocycles. The fourth-order valence-corrected chi connectivity index (χ4v) is 0.989. The maximum Gasteiger partial charge on any atom is 0.320 e. The summed E-state index contributed by atoms with van der Waals surface area (Å²) >= 11 is 0. The topological polar surface area (TPSA) is 92.4 Å². The number of amides is 1. The fraction of sp³-hybridized carbons (Fsp3) is 0.778. The quantitative estimate of drug-likeness (QED) is 0.510. The second-order valence-corrected chi connectivity index (χ2v) is 3.19. The molecule has 5 nitrogen and oxygen atoms in total. The number of carbonyl (C=O) groups is 2. The smallest absolute Gasteiger partial charge is 0.320 e. The molecule has 0 rings (SSSR count). The molecule has 0 saturated heterocycles. The number of hydrogen-bond donors (Lipinski definition) is 3. The molecule has 5 heteroatoms. The van der Waals surface area contributed by atoms with Crippen LogP contribution in [0.25, 0.3) is 0 Å². The first-order valence-corrected chi connectivity index (χ1v) is 4.83. The Bertz CT molecular complexity index is 194. The van der Waals surface area contributed by atoms with Gasteiger partial charge < -0.3 is 16.2 Å². The van der Waals surface area contributed by atoms with Crippen molar-refractivity contribution in [2.24, 2.45) is 5.73 Å². The summed E-state index contributed by atoms with van der Waals surface area (Å²) in [5.41, 5.74) is 5.28. The predicted molar refractivity (Wildman–Crippen MR) is 52.8 cm³/mol. The zero-order valence-electron chi connectivity index (χ0n) is 8.45. The number of carboxylic acid groups (broad SMARTS) is 1. The lowest BCUT2D eigenvalue weighted by atomic mass is 10.2. The number of hydrogen-bond acceptors (Lipinski definition) is 3. The zero-order chi connectivity index (χ0) is 11.0. The first-order chi connectivity index (χ1) is 6.57. The minimum absolute atomic E-state index is 0.0106. The van der Waals surface area contributed by atoms with Crippen LogP contribution in [0, 0.1) is 0 Å². The van der Waals surface area contributed by atoms with Crippen LogP contribution in [0.2, 0.25) is 0 Å². The minimum Gasteiger partial charge on any atom is -0.480 e. The molecule has 82 valence electrons. The van der Waals surface area contributed by atoms with Gasteiger partial charge in [0.25, 0.3) is 0 Å². The lowest BCUT2D eigenvalue weighted by Gasteiger charge is -2.06. The van der Waals surface area contributed by atoms with Gasteiger partial charge in [-0.05, 0) is 19.3 Å². The highest BCUT2D eigenvalue weighted by Gasteiger charge is 2.10. The van der Waals surface area contributed by atoms with E-state index in [1.54, 1.807) is 0 Å². The summed E-state index contributed by atoms with van der Waals surface area (Å²) in [5.74, 6) is -0.985. The van der Waals surface area contributed by atoms with Crippen LogP contribution >= 0.6 is 0 Å². The third kappa shape index (κ3) is 6.42. The molecule has 0 bridgehead atoms. The summed E-state index contributed by atoms with van der Waals surface area (Å²) in [6.07, 6.45) is 2.33. The molecule has 0 aromatic carbocycles. The van der Waals surface area contributed by atoms with Crippen LogP contribution in [0.4, 0.5) is 0 Å². The van der Waals surface area contributed by atoms with Gasteiger partial charge in [0.15, 0.2) is 0 Å². The van der Waals surface area contributed by atoms with Crippen molar-refractivity contribution in [1.29, 1.82) is 0 Å². The third-order valence-corrected chi connectivity index (χ3v) is 1.81. The van der Waals surface area contributed by atoms with Crippen molar-refractivity contribution in [1.82, 2.24) is 5.32 Å². The van der Waals surface area contributed by atoms with Crippen LogP contribution in [-0.2, 0) is 9.59 Å². The van der Waals surface area contributed by atoms with E-state index >= 15 is 0 Å². The molecule has 14 heavy (non-hydrogen) atoms. The van der Waals surface area contributed by atoms with Crippen molar-refractivity contribution in [3.63, 3.8) is 0 Å². The predicted octanol–water partition coefficient (Wildman–Crippen LogP) is 0.0948.